The summed E-state index contributed by atoms with van der Waals surface area (Å²) in [5, 5.41) is 0. The smallest absolute Gasteiger partial charge is 0.315 e. The van der Waals surface area contributed by atoms with E-state index in [0.29, 0.717) is 37.2 Å². The van der Waals surface area contributed by atoms with E-state index < -0.39 is 0 Å². The first-order valence-corrected chi connectivity index (χ1v) is 7.99. The van der Waals surface area contributed by atoms with Gasteiger partial charge in [0.2, 0.25) is 5.91 Å². The Labute approximate surface area is 144 Å². The number of halogens is 1. The number of unbranched alkanes of at least 4 members (excludes halogenated alkanes) is 1. The number of benzene rings is 2. The van der Waals surface area contributed by atoms with Crippen LogP contribution in [0, 0.1) is 5.82 Å². The Morgan fingerprint density at radius 2 is 1.92 bits per heavy atom. The van der Waals surface area contributed by atoms with E-state index in [9.17, 15) is 9.18 Å². The lowest BCUT2D eigenvalue weighted by molar-refractivity contribution is -0.120. The van der Waals surface area contributed by atoms with Crippen LogP contribution in [0.3, 0.4) is 0 Å². The highest BCUT2D eigenvalue weighted by atomic mass is 19.1. The molecule has 0 fully saturated rings. The van der Waals surface area contributed by atoms with Crippen molar-refractivity contribution >= 4 is 23.0 Å². The maximum atomic E-state index is 12.8. The third-order valence-electron chi connectivity index (χ3n) is 3.48. The summed E-state index contributed by atoms with van der Waals surface area (Å²) in [7, 11) is 0. The van der Waals surface area contributed by atoms with Crippen molar-refractivity contribution in [3.8, 4) is 5.75 Å². The number of carbonyl (C=O) groups excluding carboxylic acids is 1. The number of nitrogens with one attached hydrogen (secondary N) is 2. The standard InChI is InChI=1S/C18H18FN3O3/c19-13-8-10-14(11-9-13)24-12-4-3-7-17(23)21-22-18-20-15-5-1-2-6-16(15)25-18/h1-2,5-6,8-11H,3-4,7,12H2,(H,20,22)(H,21,23). The predicted octanol–water partition coefficient (Wildman–Crippen LogP) is 3.66. The lowest BCUT2D eigenvalue weighted by atomic mass is 10.2. The Hall–Kier alpha value is -3.09. The molecule has 2 N–H and O–H groups in total. The van der Waals surface area contributed by atoms with Crippen LogP contribution in [0.5, 0.6) is 5.75 Å². The number of para-hydroxylation sites is 2. The second kappa shape index (κ2) is 8.14. The fourth-order valence-corrected chi connectivity index (χ4v) is 2.22. The van der Waals surface area contributed by atoms with Crippen LogP contribution >= 0.6 is 0 Å². The van der Waals surface area contributed by atoms with Gasteiger partial charge in [-0.3, -0.25) is 15.6 Å². The van der Waals surface area contributed by atoms with E-state index in [-0.39, 0.29) is 17.7 Å². The Bertz CT molecular complexity index is 800. The molecule has 6 nitrogen and oxygen atoms in total. The zero-order valence-electron chi connectivity index (χ0n) is 13.5. The van der Waals surface area contributed by atoms with Gasteiger partial charge in [0.25, 0.3) is 0 Å². The van der Waals surface area contributed by atoms with Crippen molar-refractivity contribution in [3.63, 3.8) is 0 Å². The fourth-order valence-electron chi connectivity index (χ4n) is 2.22. The van der Waals surface area contributed by atoms with Crippen molar-refractivity contribution in [3.05, 3.63) is 54.3 Å². The van der Waals surface area contributed by atoms with Crippen LogP contribution in [0.2, 0.25) is 0 Å². The number of hydrogen-bond donors (Lipinski definition) is 2. The zero-order valence-corrected chi connectivity index (χ0v) is 13.5. The largest absolute Gasteiger partial charge is 0.494 e. The van der Waals surface area contributed by atoms with Crippen LogP contribution in [0.15, 0.2) is 52.9 Å². The zero-order chi connectivity index (χ0) is 17.5. The van der Waals surface area contributed by atoms with Crippen LogP contribution in [0.25, 0.3) is 11.1 Å². The number of amides is 1. The molecule has 7 heteroatoms. The van der Waals surface area contributed by atoms with Gasteiger partial charge >= 0.3 is 6.01 Å². The van der Waals surface area contributed by atoms with E-state index in [1.807, 2.05) is 18.2 Å². The summed E-state index contributed by atoms with van der Waals surface area (Å²) >= 11 is 0. The quantitative estimate of drug-likeness (QED) is 0.482. The van der Waals surface area contributed by atoms with Crippen LogP contribution in [0.1, 0.15) is 19.3 Å². The molecule has 0 saturated carbocycles. The Kier molecular flexibility index (Phi) is 5.46. The number of fused-ring (bicyclic) bond motifs is 1. The van der Waals surface area contributed by atoms with Gasteiger partial charge in [0, 0.05) is 6.42 Å². The van der Waals surface area contributed by atoms with Crippen LogP contribution in [-0.2, 0) is 4.79 Å². The van der Waals surface area contributed by atoms with Gasteiger partial charge in [0.15, 0.2) is 5.58 Å². The Morgan fingerprint density at radius 1 is 1.12 bits per heavy atom. The highest BCUT2D eigenvalue weighted by molar-refractivity contribution is 5.78. The number of oxazole rings is 1. The van der Waals surface area contributed by atoms with Crippen LogP contribution < -0.4 is 15.6 Å². The number of nitrogens with zero attached hydrogens (tertiary/aromatic N) is 1. The molecule has 0 unspecified atom stereocenters. The van der Waals surface area contributed by atoms with E-state index in [0.717, 1.165) is 5.52 Å². The molecule has 0 atom stereocenters. The van der Waals surface area contributed by atoms with Gasteiger partial charge in [0.1, 0.15) is 17.1 Å². The highest BCUT2D eigenvalue weighted by Crippen LogP contribution is 2.17. The maximum absolute atomic E-state index is 12.8. The summed E-state index contributed by atoms with van der Waals surface area (Å²) in [5.41, 5.74) is 6.58. The van der Waals surface area contributed by atoms with E-state index in [2.05, 4.69) is 15.8 Å². The van der Waals surface area contributed by atoms with Crippen molar-refractivity contribution < 1.29 is 18.3 Å². The van der Waals surface area contributed by atoms with Gasteiger partial charge in [-0.1, -0.05) is 12.1 Å². The molecule has 1 aromatic heterocycles. The normalized spacial score (nSPS) is 10.6. The molecule has 0 bridgehead atoms. The molecule has 3 aromatic rings. The van der Waals surface area contributed by atoms with Crippen LogP contribution in [-0.4, -0.2) is 17.5 Å². The highest BCUT2D eigenvalue weighted by Gasteiger charge is 2.06. The number of rotatable bonds is 8. The third-order valence-corrected chi connectivity index (χ3v) is 3.48. The molecular formula is C18H18FN3O3. The summed E-state index contributed by atoms with van der Waals surface area (Å²) in [6, 6.07) is 13.4. The molecular weight excluding hydrogens is 325 g/mol. The summed E-state index contributed by atoms with van der Waals surface area (Å²) in [4.78, 5) is 16.0. The van der Waals surface area contributed by atoms with Crippen molar-refractivity contribution in [2.75, 3.05) is 12.0 Å². The molecule has 0 aliphatic rings. The van der Waals surface area contributed by atoms with E-state index in [4.69, 9.17) is 9.15 Å². The molecule has 0 aliphatic heterocycles. The van der Waals surface area contributed by atoms with Crippen molar-refractivity contribution in [2.24, 2.45) is 0 Å². The minimum absolute atomic E-state index is 0.163. The minimum atomic E-state index is -0.296. The molecule has 130 valence electrons. The summed E-state index contributed by atoms with van der Waals surface area (Å²) in [6.45, 7) is 0.470. The Morgan fingerprint density at radius 3 is 2.72 bits per heavy atom. The maximum Gasteiger partial charge on any atom is 0.315 e. The molecule has 2 aromatic carbocycles. The second-order valence-corrected chi connectivity index (χ2v) is 5.42. The fraction of sp³-hybridized carbons (Fsp3) is 0.222. The van der Waals surface area contributed by atoms with E-state index in [1.165, 1.54) is 12.1 Å². The summed E-state index contributed by atoms with van der Waals surface area (Å²) < 4.78 is 23.7. The molecule has 0 radical (unpaired) electrons. The average Bonchev–Trinajstić information content (AvgIpc) is 3.04. The number of aromatic nitrogens is 1. The number of anilines is 1. The molecule has 0 spiro atoms. The van der Waals surface area contributed by atoms with Gasteiger partial charge in [-0.05, 0) is 49.2 Å². The number of hydrogen-bond acceptors (Lipinski definition) is 5. The average molecular weight is 343 g/mol. The predicted molar refractivity (Wildman–Crippen MR) is 91.5 cm³/mol. The minimum Gasteiger partial charge on any atom is -0.494 e. The van der Waals surface area contributed by atoms with Crippen LogP contribution in [0.4, 0.5) is 10.4 Å². The van der Waals surface area contributed by atoms with Gasteiger partial charge in [-0.2, -0.15) is 4.98 Å². The SMILES string of the molecule is O=C(CCCCOc1ccc(F)cc1)NNc1nc2ccccc2o1. The van der Waals surface area contributed by atoms with Crippen molar-refractivity contribution in [2.45, 2.75) is 19.3 Å². The molecule has 0 aliphatic carbocycles. The molecule has 0 saturated heterocycles. The second-order valence-electron chi connectivity index (χ2n) is 5.42. The van der Waals surface area contributed by atoms with Gasteiger partial charge in [-0.25, -0.2) is 4.39 Å². The van der Waals surface area contributed by atoms with E-state index in [1.54, 1.807) is 18.2 Å². The first kappa shape index (κ1) is 16.8. The van der Waals surface area contributed by atoms with Gasteiger partial charge < -0.3 is 9.15 Å². The van der Waals surface area contributed by atoms with Gasteiger partial charge in [0.05, 0.1) is 6.61 Å². The third kappa shape index (κ3) is 4.94. The summed E-state index contributed by atoms with van der Waals surface area (Å²) in [5.74, 6) is 0.156. The molecule has 3 rings (SSSR count). The van der Waals surface area contributed by atoms with Crippen molar-refractivity contribution in [1.29, 1.82) is 0 Å². The molecule has 25 heavy (non-hydrogen) atoms. The van der Waals surface area contributed by atoms with Gasteiger partial charge in [-0.15, -0.1) is 0 Å². The lowest BCUT2D eigenvalue weighted by Gasteiger charge is -2.06. The number of ether oxygens (including phenoxy) is 1. The number of hydrazine groups is 1. The first-order chi connectivity index (χ1) is 12.2. The van der Waals surface area contributed by atoms with Crippen molar-refractivity contribution in [1.82, 2.24) is 10.4 Å². The lowest BCUT2D eigenvalue weighted by Crippen LogP contribution is -2.29. The first-order valence-electron chi connectivity index (χ1n) is 7.99. The summed E-state index contributed by atoms with van der Waals surface area (Å²) in [6.07, 6.45) is 1.73. The monoisotopic (exact) mass is 343 g/mol. The number of carbonyl (C=O) groups is 1. The molecule has 1 heterocycles. The Balaban J connectivity index is 1.32. The van der Waals surface area contributed by atoms with E-state index >= 15 is 0 Å². The topological polar surface area (TPSA) is 76.4 Å². The molecule has 1 amide bonds.